The standard InChI is InChI=1S/C25H32N2O3/c1-23(2)17-25(23,19-8-5-4-6-9-19)18-27(3)22(29)12-14-24(13-11-21(28)26-24)16-20-10-7-15-30-20/h4-10,15H,11-14,16-18H2,1-3H3,(H,26,28). The van der Waals surface area contributed by atoms with Crippen LogP contribution in [0.3, 0.4) is 0 Å². The van der Waals surface area contributed by atoms with E-state index >= 15 is 0 Å². The number of benzene rings is 1. The van der Waals surface area contributed by atoms with Crippen LogP contribution in [0.15, 0.2) is 53.1 Å². The average Bonchev–Trinajstić information content (AvgIpc) is 3.08. The second kappa shape index (κ2) is 7.60. The molecular formula is C25H32N2O3. The van der Waals surface area contributed by atoms with Gasteiger partial charge in [-0.15, -0.1) is 0 Å². The van der Waals surface area contributed by atoms with Crippen LogP contribution in [-0.4, -0.2) is 35.8 Å². The molecule has 1 N–H and O–H groups in total. The van der Waals surface area contributed by atoms with E-state index in [4.69, 9.17) is 4.42 Å². The fourth-order valence-electron chi connectivity index (χ4n) is 5.28. The predicted molar refractivity (Wildman–Crippen MR) is 116 cm³/mol. The van der Waals surface area contributed by atoms with Gasteiger partial charge in [0, 0.05) is 43.8 Å². The van der Waals surface area contributed by atoms with Gasteiger partial charge in [-0.05, 0) is 42.4 Å². The summed E-state index contributed by atoms with van der Waals surface area (Å²) >= 11 is 0. The number of hydrogen-bond acceptors (Lipinski definition) is 3. The van der Waals surface area contributed by atoms with Crippen molar-refractivity contribution in [2.75, 3.05) is 13.6 Å². The van der Waals surface area contributed by atoms with Gasteiger partial charge in [-0.25, -0.2) is 0 Å². The number of carbonyl (C=O) groups excluding carboxylic acids is 2. The first-order valence-electron chi connectivity index (χ1n) is 10.9. The number of hydrogen-bond donors (Lipinski definition) is 1. The van der Waals surface area contributed by atoms with Crippen molar-refractivity contribution in [1.29, 1.82) is 0 Å². The highest BCUT2D eigenvalue weighted by atomic mass is 16.3. The van der Waals surface area contributed by atoms with E-state index in [2.05, 4.69) is 43.4 Å². The van der Waals surface area contributed by atoms with Crippen molar-refractivity contribution in [3.8, 4) is 0 Å². The molecule has 1 aromatic carbocycles. The minimum atomic E-state index is -0.387. The number of carbonyl (C=O) groups is 2. The van der Waals surface area contributed by atoms with Gasteiger partial charge in [0.2, 0.25) is 11.8 Å². The van der Waals surface area contributed by atoms with Gasteiger partial charge in [0.1, 0.15) is 5.76 Å². The second-order valence-electron chi connectivity index (χ2n) is 9.84. The Hall–Kier alpha value is -2.56. The first-order chi connectivity index (χ1) is 14.3. The third kappa shape index (κ3) is 3.90. The summed E-state index contributed by atoms with van der Waals surface area (Å²) in [6, 6.07) is 14.3. The van der Waals surface area contributed by atoms with Gasteiger partial charge >= 0.3 is 0 Å². The van der Waals surface area contributed by atoms with E-state index in [0.29, 0.717) is 25.7 Å². The van der Waals surface area contributed by atoms with E-state index in [1.807, 2.05) is 30.1 Å². The molecule has 2 aliphatic rings. The molecule has 0 bridgehead atoms. The van der Waals surface area contributed by atoms with Crippen LogP contribution in [-0.2, 0) is 21.4 Å². The summed E-state index contributed by atoms with van der Waals surface area (Å²) in [6.45, 7) is 5.29. The minimum absolute atomic E-state index is 0.0199. The Bertz CT molecular complexity index is 906. The fraction of sp³-hybridized carbons (Fsp3) is 0.520. The first-order valence-corrected chi connectivity index (χ1v) is 10.9. The van der Waals surface area contributed by atoms with Crippen LogP contribution in [0.25, 0.3) is 0 Å². The van der Waals surface area contributed by atoms with Crippen LogP contribution >= 0.6 is 0 Å². The smallest absolute Gasteiger partial charge is 0.222 e. The Morgan fingerprint density at radius 3 is 2.47 bits per heavy atom. The van der Waals surface area contributed by atoms with E-state index in [1.165, 1.54) is 5.56 Å². The molecule has 30 heavy (non-hydrogen) atoms. The summed E-state index contributed by atoms with van der Waals surface area (Å²) in [6.07, 6.45) is 5.66. The van der Waals surface area contributed by atoms with Crippen LogP contribution in [0.2, 0.25) is 0 Å². The van der Waals surface area contributed by atoms with Gasteiger partial charge in [-0.3, -0.25) is 9.59 Å². The SMILES string of the molecule is CN(CC1(c2ccccc2)CC1(C)C)C(=O)CCC1(Cc2ccco2)CCC(=O)N1. The van der Waals surface area contributed by atoms with Gasteiger partial charge in [0.25, 0.3) is 0 Å². The van der Waals surface area contributed by atoms with Gasteiger partial charge in [-0.1, -0.05) is 44.2 Å². The van der Waals surface area contributed by atoms with Crippen LogP contribution in [0.4, 0.5) is 0 Å². The van der Waals surface area contributed by atoms with Crippen LogP contribution in [0, 0.1) is 5.41 Å². The molecule has 0 radical (unpaired) electrons. The number of nitrogens with zero attached hydrogens (tertiary/aromatic N) is 1. The van der Waals surface area contributed by atoms with E-state index in [1.54, 1.807) is 6.26 Å². The van der Waals surface area contributed by atoms with Gasteiger partial charge in [0.15, 0.2) is 0 Å². The third-order valence-electron chi connectivity index (χ3n) is 7.32. The summed E-state index contributed by atoms with van der Waals surface area (Å²) in [5, 5.41) is 3.13. The second-order valence-corrected chi connectivity index (χ2v) is 9.84. The quantitative estimate of drug-likeness (QED) is 0.716. The van der Waals surface area contributed by atoms with Crippen molar-refractivity contribution in [3.63, 3.8) is 0 Å². The van der Waals surface area contributed by atoms with Crippen molar-refractivity contribution in [2.24, 2.45) is 5.41 Å². The Balaban J connectivity index is 1.41. The number of rotatable bonds is 8. The Morgan fingerprint density at radius 2 is 1.90 bits per heavy atom. The molecule has 5 nitrogen and oxygen atoms in total. The molecule has 2 unspecified atom stereocenters. The van der Waals surface area contributed by atoms with Crippen LogP contribution < -0.4 is 5.32 Å². The molecule has 1 aliphatic carbocycles. The largest absolute Gasteiger partial charge is 0.469 e. The predicted octanol–water partition coefficient (Wildman–Crippen LogP) is 4.08. The average molecular weight is 409 g/mol. The van der Waals surface area contributed by atoms with Crippen LogP contribution in [0.5, 0.6) is 0 Å². The minimum Gasteiger partial charge on any atom is -0.469 e. The molecule has 2 amide bonds. The van der Waals surface area contributed by atoms with Crippen molar-refractivity contribution in [3.05, 3.63) is 60.1 Å². The molecule has 2 atom stereocenters. The number of nitrogens with one attached hydrogen (secondary N) is 1. The van der Waals surface area contributed by atoms with Crippen molar-refractivity contribution in [1.82, 2.24) is 10.2 Å². The summed E-state index contributed by atoms with van der Waals surface area (Å²) in [7, 11) is 1.91. The van der Waals surface area contributed by atoms with E-state index in [0.717, 1.165) is 25.1 Å². The maximum absolute atomic E-state index is 13.1. The maximum atomic E-state index is 13.1. The lowest BCUT2D eigenvalue weighted by Gasteiger charge is -2.31. The summed E-state index contributed by atoms with van der Waals surface area (Å²) in [5.74, 6) is 1.04. The zero-order valence-corrected chi connectivity index (χ0v) is 18.2. The fourth-order valence-corrected chi connectivity index (χ4v) is 5.28. The van der Waals surface area contributed by atoms with Gasteiger partial charge in [-0.2, -0.15) is 0 Å². The van der Waals surface area contributed by atoms with E-state index in [-0.39, 0.29) is 28.2 Å². The topological polar surface area (TPSA) is 62.6 Å². The van der Waals surface area contributed by atoms with E-state index in [9.17, 15) is 9.59 Å². The molecule has 5 heteroatoms. The lowest BCUT2D eigenvalue weighted by atomic mass is 9.86. The number of furan rings is 1. The normalized spacial score (nSPS) is 27.0. The van der Waals surface area contributed by atoms with E-state index < -0.39 is 0 Å². The monoisotopic (exact) mass is 408 g/mol. The summed E-state index contributed by atoms with van der Waals surface area (Å²) < 4.78 is 5.51. The number of amides is 2. The zero-order valence-electron chi connectivity index (χ0n) is 18.2. The van der Waals surface area contributed by atoms with Gasteiger partial charge in [0.05, 0.1) is 6.26 Å². The highest BCUT2D eigenvalue weighted by molar-refractivity contribution is 5.80. The molecule has 1 saturated heterocycles. The first kappa shape index (κ1) is 20.7. The molecule has 1 saturated carbocycles. The molecule has 2 aromatic rings. The molecular weight excluding hydrogens is 376 g/mol. The molecule has 0 spiro atoms. The summed E-state index contributed by atoms with van der Waals surface area (Å²) in [5.41, 5.74) is 1.13. The van der Waals surface area contributed by atoms with Crippen LogP contribution in [0.1, 0.15) is 57.3 Å². The maximum Gasteiger partial charge on any atom is 0.222 e. The Kier molecular flexibility index (Phi) is 5.25. The summed E-state index contributed by atoms with van der Waals surface area (Å²) in [4.78, 5) is 26.9. The molecule has 2 heterocycles. The van der Waals surface area contributed by atoms with Crippen molar-refractivity contribution in [2.45, 2.75) is 63.3 Å². The highest BCUT2D eigenvalue weighted by Crippen LogP contribution is 2.64. The lowest BCUT2D eigenvalue weighted by Crippen LogP contribution is -2.45. The lowest BCUT2D eigenvalue weighted by molar-refractivity contribution is -0.131. The number of likely N-dealkylation sites (N-methyl/N-ethyl adjacent to an activating group) is 1. The van der Waals surface area contributed by atoms with Gasteiger partial charge < -0.3 is 14.6 Å². The zero-order chi connectivity index (χ0) is 21.4. The highest BCUT2D eigenvalue weighted by Gasteiger charge is 2.62. The molecule has 4 rings (SSSR count). The van der Waals surface area contributed by atoms with Crippen molar-refractivity contribution >= 4 is 11.8 Å². The molecule has 1 aliphatic heterocycles. The molecule has 1 aromatic heterocycles. The Labute approximate surface area is 178 Å². The molecule has 2 fully saturated rings. The third-order valence-corrected chi connectivity index (χ3v) is 7.32. The Morgan fingerprint density at radius 1 is 1.17 bits per heavy atom. The molecule has 160 valence electrons. The van der Waals surface area contributed by atoms with Crippen molar-refractivity contribution < 1.29 is 14.0 Å².